The molecule has 174 valence electrons. The number of halogens is 1. The Morgan fingerprint density at radius 2 is 1.71 bits per heavy atom. The fourth-order valence-corrected chi connectivity index (χ4v) is 4.89. The van der Waals surface area contributed by atoms with E-state index in [1.165, 1.54) is 62.8 Å². The number of amides is 1. The van der Waals surface area contributed by atoms with E-state index in [4.69, 9.17) is 0 Å². The molecule has 3 aromatic carbocycles. The van der Waals surface area contributed by atoms with Gasteiger partial charge < -0.3 is 0 Å². The van der Waals surface area contributed by atoms with Crippen molar-refractivity contribution < 1.29 is 17.6 Å². The summed E-state index contributed by atoms with van der Waals surface area (Å²) < 4.78 is 40.0. The van der Waals surface area contributed by atoms with Crippen LogP contribution in [-0.2, 0) is 10.0 Å². The van der Waals surface area contributed by atoms with Crippen molar-refractivity contribution >= 4 is 48.8 Å². The van der Waals surface area contributed by atoms with Gasteiger partial charge in [0.25, 0.3) is 5.91 Å². The van der Waals surface area contributed by atoms with Gasteiger partial charge in [-0.25, -0.2) is 22.1 Å². The van der Waals surface area contributed by atoms with E-state index in [1.54, 1.807) is 0 Å². The lowest BCUT2D eigenvalue weighted by Gasteiger charge is -2.15. The molecule has 0 unspecified atom stereocenters. The normalized spacial score (nSPS) is 12.0. The molecule has 34 heavy (non-hydrogen) atoms. The third kappa shape index (κ3) is 4.89. The second-order valence-corrected chi connectivity index (χ2v) is 10.9. The molecule has 1 amide bonds. The molecule has 0 saturated heterocycles. The van der Waals surface area contributed by atoms with E-state index >= 15 is 0 Å². The van der Waals surface area contributed by atoms with Gasteiger partial charge in [-0.05, 0) is 55.0 Å². The first kappa shape index (κ1) is 23.7. The highest BCUT2D eigenvalue weighted by molar-refractivity contribution is 7.89. The largest absolute Gasteiger partial charge is 0.280 e. The van der Waals surface area contributed by atoms with E-state index in [1.807, 2.05) is 31.2 Å². The Hall–Kier alpha value is -3.47. The van der Waals surface area contributed by atoms with Gasteiger partial charge in [0.1, 0.15) is 5.82 Å². The van der Waals surface area contributed by atoms with Crippen LogP contribution in [0.2, 0.25) is 0 Å². The Morgan fingerprint density at radius 1 is 1.03 bits per heavy atom. The van der Waals surface area contributed by atoms with Crippen LogP contribution < -0.4 is 5.01 Å². The monoisotopic (exact) mass is 496 g/mol. The summed E-state index contributed by atoms with van der Waals surface area (Å²) in [7, 11) is -0.757. The van der Waals surface area contributed by atoms with Crippen molar-refractivity contribution in [3.8, 4) is 0 Å². The Kier molecular flexibility index (Phi) is 6.56. The SMILES string of the molecule is Cc1ccc(/C=N/N(C(=O)c2ccc(S(=O)(=O)N(C)C)cc2)c2nc3ccc(F)cc3s2)cc1. The number of thiazole rings is 1. The Labute approximate surface area is 200 Å². The minimum Gasteiger partial charge on any atom is -0.267 e. The van der Waals surface area contributed by atoms with Crippen LogP contribution in [-0.4, -0.2) is 43.9 Å². The van der Waals surface area contributed by atoms with Gasteiger partial charge in [0.2, 0.25) is 15.2 Å². The summed E-state index contributed by atoms with van der Waals surface area (Å²) in [5.41, 5.74) is 2.63. The first-order chi connectivity index (χ1) is 16.1. The molecule has 4 aromatic rings. The van der Waals surface area contributed by atoms with Gasteiger partial charge in [0.05, 0.1) is 21.3 Å². The highest BCUT2D eigenvalue weighted by Crippen LogP contribution is 2.30. The predicted molar refractivity (Wildman–Crippen MR) is 132 cm³/mol. The molecule has 1 aromatic heterocycles. The molecule has 0 saturated carbocycles. The van der Waals surface area contributed by atoms with Crippen molar-refractivity contribution in [1.29, 1.82) is 0 Å². The van der Waals surface area contributed by atoms with Crippen LogP contribution in [0.5, 0.6) is 0 Å². The molecule has 0 bridgehead atoms. The molecule has 0 N–H and O–H groups in total. The molecule has 0 aliphatic heterocycles. The summed E-state index contributed by atoms with van der Waals surface area (Å²) >= 11 is 1.13. The predicted octanol–water partition coefficient (Wildman–Crippen LogP) is 4.68. The zero-order chi connectivity index (χ0) is 24.5. The standard InChI is InChI=1S/C24H21FN4O3S2/c1-16-4-6-17(7-5-16)15-26-29(24-27-21-13-10-19(25)14-22(21)33-24)23(30)18-8-11-20(12-9-18)34(31,32)28(2)3/h4-15H,1-3H3/b26-15+. The van der Waals surface area contributed by atoms with E-state index in [0.29, 0.717) is 10.2 Å². The van der Waals surface area contributed by atoms with Crippen LogP contribution in [0.1, 0.15) is 21.5 Å². The van der Waals surface area contributed by atoms with Crippen molar-refractivity contribution in [1.82, 2.24) is 9.29 Å². The molecular formula is C24H21FN4O3S2. The minimum atomic E-state index is -3.63. The summed E-state index contributed by atoms with van der Waals surface area (Å²) in [5.74, 6) is -0.905. The van der Waals surface area contributed by atoms with Crippen molar-refractivity contribution in [3.63, 3.8) is 0 Å². The lowest BCUT2D eigenvalue weighted by molar-refractivity contribution is 0.0987. The highest BCUT2D eigenvalue weighted by atomic mass is 32.2. The van der Waals surface area contributed by atoms with Gasteiger partial charge in [0, 0.05) is 19.7 Å². The minimum absolute atomic E-state index is 0.0687. The molecule has 1 heterocycles. The van der Waals surface area contributed by atoms with Crippen LogP contribution in [0, 0.1) is 12.7 Å². The first-order valence-corrected chi connectivity index (χ1v) is 12.4. The Balaban J connectivity index is 1.73. The molecular weight excluding hydrogens is 475 g/mol. The molecule has 7 nitrogen and oxygen atoms in total. The molecule has 4 rings (SSSR count). The second-order valence-electron chi connectivity index (χ2n) is 7.69. The summed E-state index contributed by atoms with van der Waals surface area (Å²) in [6, 6.07) is 17.4. The number of hydrogen-bond donors (Lipinski definition) is 0. The number of sulfonamides is 1. The second kappa shape index (κ2) is 9.41. The smallest absolute Gasteiger partial charge is 0.267 e. The van der Waals surface area contributed by atoms with Gasteiger partial charge in [-0.2, -0.15) is 10.1 Å². The number of aromatic nitrogens is 1. The average molecular weight is 497 g/mol. The van der Waals surface area contributed by atoms with E-state index in [9.17, 15) is 17.6 Å². The van der Waals surface area contributed by atoms with Gasteiger partial charge >= 0.3 is 0 Å². The lowest BCUT2D eigenvalue weighted by atomic mass is 10.2. The zero-order valence-corrected chi connectivity index (χ0v) is 20.3. The van der Waals surface area contributed by atoms with E-state index in [0.717, 1.165) is 31.8 Å². The quantitative estimate of drug-likeness (QED) is 0.287. The number of hydrazone groups is 1. The Bertz CT molecular complexity index is 1480. The number of carbonyl (C=O) groups is 1. The van der Waals surface area contributed by atoms with Crippen molar-refractivity contribution in [2.45, 2.75) is 11.8 Å². The van der Waals surface area contributed by atoms with Gasteiger partial charge in [-0.3, -0.25) is 4.79 Å². The summed E-state index contributed by atoms with van der Waals surface area (Å²) in [4.78, 5) is 17.9. The summed E-state index contributed by atoms with van der Waals surface area (Å²) in [5, 5.41) is 5.77. The molecule has 10 heteroatoms. The number of hydrogen-bond acceptors (Lipinski definition) is 6. The van der Waals surface area contributed by atoms with Crippen molar-refractivity contribution in [2.24, 2.45) is 5.10 Å². The number of fused-ring (bicyclic) bond motifs is 1. The van der Waals surface area contributed by atoms with E-state index < -0.39 is 21.7 Å². The summed E-state index contributed by atoms with van der Waals surface area (Å²) in [6.45, 7) is 1.97. The first-order valence-electron chi connectivity index (χ1n) is 10.2. The number of nitrogens with zero attached hydrogens (tertiary/aromatic N) is 4. The third-order valence-electron chi connectivity index (χ3n) is 4.99. The van der Waals surface area contributed by atoms with E-state index in [-0.39, 0.29) is 15.6 Å². The zero-order valence-electron chi connectivity index (χ0n) is 18.6. The number of benzene rings is 3. The van der Waals surface area contributed by atoms with Crippen molar-refractivity contribution in [2.75, 3.05) is 19.1 Å². The number of carbonyl (C=O) groups excluding carboxylic acids is 1. The third-order valence-corrected chi connectivity index (χ3v) is 7.82. The van der Waals surface area contributed by atoms with Gasteiger partial charge in [-0.1, -0.05) is 41.2 Å². The fraction of sp³-hybridized carbons (Fsp3) is 0.125. The molecule has 0 radical (unpaired) electrons. The van der Waals surface area contributed by atoms with E-state index in [2.05, 4.69) is 10.1 Å². The number of anilines is 1. The molecule has 0 aliphatic rings. The summed E-state index contributed by atoms with van der Waals surface area (Å²) in [6.07, 6.45) is 1.54. The number of aryl methyl sites for hydroxylation is 1. The maximum absolute atomic E-state index is 13.7. The van der Waals surface area contributed by atoms with Crippen LogP contribution in [0.3, 0.4) is 0 Å². The number of rotatable bonds is 6. The average Bonchev–Trinajstić information content (AvgIpc) is 3.23. The molecule has 0 spiro atoms. The maximum Gasteiger partial charge on any atom is 0.280 e. The molecule has 0 atom stereocenters. The molecule has 0 fully saturated rings. The van der Waals surface area contributed by atoms with Crippen LogP contribution in [0.15, 0.2) is 76.7 Å². The maximum atomic E-state index is 13.7. The highest BCUT2D eigenvalue weighted by Gasteiger charge is 2.23. The van der Waals surface area contributed by atoms with Gasteiger partial charge in [-0.15, -0.1) is 0 Å². The fourth-order valence-electron chi connectivity index (χ4n) is 3.05. The lowest BCUT2D eigenvalue weighted by Crippen LogP contribution is -2.26. The molecule has 0 aliphatic carbocycles. The van der Waals surface area contributed by atoms with Gasteiger partial charge in [0.15, 0.2) is 0 Å². The van der Waals surface area contributed by atoms with Crippen molar-refractivity contribution in [3.05, 3.63) is 89.2 Å². The Morgan fingerprint density at radius 3 is 2.35 bits per heavy atom. The van der Waals surface area contributed by atoms with Crippen LogP contribution >= 0.6 is 11.3 Å². The van der Waals surface area contributed by atoms with Crippen LogP contribution in [0.25, 0.3) is 10.2 Å². The topological polar surface area (TPSA) is 82.9 Å². The van der Waals surface area contributed by atoms with Crippen LogP contribution in [0.4, 0.5) is 9.52 Å².